The van der Waals surface area contributed by atoms with E-state index in [1.54, 1.807) is 12.4 Å². The smallest absolute Gasteiger partial charge is 0.290 e. The van der Waals surface area contributed by atoms with Crippen LogP contribution in [0, 0.1) is 0 Å². The van der Waals surface area contributed by atoms with E-state index in [4.69, 9.17) is 9.47 Å². The molecular formula is C23H22N4O4S. The summed E-state index contributed by atoms with van der Waals surface area (Å²) in [6, 6.07) is 13.6. The van der Waals surface area contributed by atoms with Gasteiger partial charge >= 0.3 is 0 Å². The van der Waals surface area contributed by atoms with Gasteiger partial charge in [0.2, 0.25) is 0 Å². The maximum absolute atomic E-state index is 11.9. The highest BCUT2D eigenvalue weighted by molar-refractivity contribution is 8.18. The Labute approximate surface area is 189 Å². The average Bonchev–Trinajstić information content (AvgIpc) is 3.36. The summed E-state index contributed by atoms with van der Waals surface area (Å²) < 4.78 is 13.4. The van der Waals surface area contributed by atoms with Crippen LogP contribution < -0.4 is 10.1 Å². The average molecular weight is 451 g/mol. The van der Waals surface area contributed by atoms with Crippen LogP contribution in [-0.2, 0) is 9.53 Å². The normalized spacial score (nSPS) is 18.4. The van der Waals surface area contributed by atoms with Crippen LogP contribution in [0.4, 0.5) is 4.79 Å². The van der Waals surface area contributed by atoms with Crippen molar-refractivity contribution >= 4 is 40.0 Å². The van der Waals surface area contributed by atoms with E-state index >= 15 is 0 Å². The molecule has 5 rings (SSSR count). The molecule has 1 N–H and O–H groups in total. The number of carbonyl (C=O) groups is 2. The van der Waals surface area contributed by atoms with E-state index < -0.39 is 0 Å². The molecule has 0 radical (unpaired) electrons. The van der Waals surface area contributed by atoms with Gasteiger partial charge in [-0.05, 0) is 47.7 Å². The Morgan fingerprint density at radius 1 is 1.16 bits per heavy atom. The van der Waals surface area contributed by atoms with Crippen LogP contribution in [-0.4, -0.2) is 65.1 Å². The van der Waals surface area contributed by atoms with Gasteiger partial charge in [-0.15, -0.1) is 0 Å². The maximum Gasteiger partial charge on any atom is 0.290 e. The number of nitrogens with zero attached hydrogens (tertiary/aromatic N) is 3. The third-order valence-corrected chi connectivity index (χ3v) is 6.20. The number of aromatic nitrogens is 2. The van der Waals surface area contributed by atoms with E-state index in [1.165, 1.54) is 0 Å². The Morgan fingerprint density at radius 3 is 2.84 bits per heavy atom. The number of carbonyl (C=O) groups excluding carboxylic acids is 2. The second-order valence-corrected chi connectivity index (χ2v) is 8.53. The lowest BCUT2D eigenvalue weighted by Gasteiger charge is -2.26. The predicted molar refractivity (Wildman–Crippen MR) is 123 cm³/mol. The van der Waals surface area contributed by atoms with Crippen molar-refractivity contribution in [2.75, 3.05) is 39.5 Å². The minimum atomic E-state index is -0.365. The zero-order chi connectivity index (χ0) is 21.9. The Bertz CT molecular complexity index is 1200. The zero-order valence-electron chi connectivity index (χ0n) is 17.3. The first-order chi connectivity index (χ1) is 15.7. The molecule has 0 spiro atoms. The number of hydrogen-bond acceptors (Lipinski definition) is 7. The molecule has 2 saturated heterocycles. The lowest BCUT2D eigenvalue weighted by atomic mass is 10.1. The number of benzene rings is 2. The van der Waals surface area contributed by atoms with Crippen molar-refractivity contribution in [2.45, 2.75) is 0 Å². The van der Waals surface area contributed by atoms with E-state index in [-0.39, 0.29) is 11.1 Å². The molecule has 2 amide bonds. The molecule has 0 atom stereocenters. The summed E-state index contributed by atoms with van der Waals surface area (Å²) in [5.41, 5.74) is 3.50. The lowest BCUT2D eigenvalue weighted by Crippen LogP contribution is -2.38. The van der Waals surface area contributed by atoms with Crippen molar-refractivity contribution in [1.82, 2.24) is 19.8 Å². The van der Waals surface area contributed by atoms with Crippen LogP contribution in [0.1, 0.15) is 5.56 Å². The second-order valence-electron chi connectivity index (χ2n) is 7.51. The number of fused-ring (bicyclic) bond motifs is 1. The Hall–Kier alpha value is -3.14. The zero-order valence-corrected chi connectivity index (χ0v) is 18.1. The number of morpholine rings is 1. The Balaban J connectivity index is 1.35. The molecule has 0 aliphatic carbocycles. The maximum atomic E-state index is 11.9. The van der Waals surface area contributed by atoms with Crippen LogP contribution >= 0.6 is 11.8 Å². The summed E-state index contributed by atoms with van der Waals surface area (Å²) in [4.78, 5) is 30.5. The minimum absolute atomic E-state index is 0.349. The van der Waals surface area contributed by atoms with E-state index in [0.717, 1.165) is 72.6 Å². The fourth-order valence-electron chi connectivity index (χ4n) is 3.73. The van der Waals surface area contributed by atoms with Crippen molar-refractivity contribution < 1.29 is 19.1 Å². The largest absolute Gasteiger partial charge is 0.492 e. The molecule has 2 aliphatic rings. The molecule has 1 aromatic heterocycles. The molecule has 9 heteroatoms. The Kier molecular flexibility index (Phi) is 5.93. The molecule has 0 unspecified atom stereocenters. The van der Waals surface area contributed by atoms with Gasteiger partial charge < -0.3 is 9.47 Å². The van der Waals surface area contributed by atoms with Crippen molar-refractivity contribution in [3.05, 3.63) is 59.3 Å². The first kappa shape index (κ1) is 20.7. The minimum Gasteiger partial charge on any atom is -0.492 e. The van der Waals surface area contributed by atoms with Crippen molar-refractivity contribution in [3.8, 4) is 11.4 Å². The van der Waals surface area contributed by atoms with Gasteiger partial charge in [0.05, 0.1) is 34.8 Å². The quantitative estimate of drug-likeness (QED) is 0.578. The van der Waals surface area contributed by atoms with Crippen LogP contribution in [0.3, 0.4) is 0 Å². The van der Waals surface area contributed by atoms with E-state index in [1.807, 2.05) is 47.0 Å². The number of nitrogens with one attached hydrogen (secondary N) is 1. The summed E-state index contributed by atoms with van der Waals surface area (Å²) in [6.45, 7) is 4.93. The number of ether oxygens (including phenoxy) is 2. The van der Waals surface area contributed by atoms with Crippen LogP contribution in [0.2, 0.25) is 0 Å². The van der Waals surface area contributed by atoms with E-state index in [9.17, 15) is 9.59 Å². The first-order valence-electron chi connectivity index (χ1n) is 10.4. The molecule has 2 fully saturated rings. The third-order valence-electron chi connectivity index (χ3n) is 5.39. The van der Waals surface area contributed by atoms with Crippen LogP contribution in [0.15, 0.2) is 53.7 Å². The molecule has 2 aromatic carbocycles. The van der Waals surface area contributed by atoms with Gasteiger partial charge in [0.1, 0.15) is 18.7 Å². The summed E-state index contributed by atoms with van der Waals surface area (Å²) >= 11 is 0.908. The van der Waals surface area contributed by atoms with E-state index in [2.05, 4.69) is 15.2 Å². The number of thioether (sulfide) groups is 1. The monoisotopic (exact) mass is 450 g/mol. The highest BCUT2D eigenvalue weighted by atomic mass is 32.2. The summed E-state index contributed by atoms with van der Waals surface area (Å²) in [6.07, 6.45) is 3.49. The van der Waals surface area contributed by atoms with Crippen LogP contribution in [0.25, 0.3) is 22.8 Å². The highest BCUT2D eigenvalue weighted by Gasteiger charge is 2.25. The van der Waals surface area contributed by atoms with Gasteiger partial charge in [-0.3, -0.25) is 24.4 Å². The molecule has 0 bridgehead atoms. The number of rotatable bonds is 6. The van der Waals surface area contributed by atoms with Crippen molar-refractivity contribution in [2.24, 2.45) is 0 Å². The van der Waals surface area contributed by atoms with Gasteiger partial charge in [0.15, 0.2) is 0 Å². The molecule has 8 nitrogen and oxygen atoms in total. The number of imidazole rings is 1. The molecule has 3 heterocycles. The fraction of sp³-hybridized carbons (Fsp3) is 0.261. The predicted octanol–water partition coefficient (Wildman–Crippen LogP) is 3.06. The molecule has 2 aliphatic heterocycles. The standard InChI is InChI=1S/C23H22N4O4S/c28-22-21(32-23(29)25-22)13-16-4-5-19-20(12-16)27(15-24-19)17-2-1-3-18(14-17)31-11-8-26-6-9-30-10-7-26/h1-5,12-15H,6-11H2,(H,25,28,29). The number of imide groups is 1. The van der Waals surface area contributed by atoms with Gasteiger partial charge in [-0.25, -0.2) is 4.98 Å². The van der Waals surface area contributed by atoms with Gasteiger partial charge in [0.25, 0.3) is 11.1 Å². The fourth-order valence-corrected chi connectivity index (χ4v) is 4.42. The summed E-state index contributed by atoms with van der Waals surface area (Å²) in [5.74, 6) is 0.434. The van der Waals surface area contributed by atoms with E-state index in [0.29, 0.717) is 11.5 Å². The lowest BCUT2D eigenvalue weighted by molar-refractivity contribution is -0.115. The van der Waals surface area contributed by atoms with Gasteiger partial charge in [-0.2, -0.15) is 0 Å². The summed E-state index contributed by atoms with van der Waals surface area (Å²) in [5, 5.41) is 1.93. The molecule has 3 aromatic rings. The van der Waals surface area contributed by atoms with Crippen LogP contribution in [0.5, 0.6) is 5.75 Å². The molecule has 32 heavy (non-hydrogen) atoms. The SMILES string of the molecule is O=C1NC(=O)C(=Cc2ccc3ncn(-c4cccc(OCCN5CCOCC5)c4)c3c2)S1. The second kappa shape index (κ2) is 9.15. The van der Waals surface area contributed by atoms with Gasteiger partial charge in [-0.1, -0.05) is 12.1 Å². The molecular weight excluding hydrogens is 428 g/mol. The third kappa shape index (κ3) is 4.55. The van der Waals surface area contributed by atoms with Crippen molar-refractivity contribution in [3.63, 3.8) is 0 Å². The summed E-state index contributed by atoms with van der Waals surface area (Å²) in [7, 11) is 0. The first-order valence-corrected chi connectivity index (χ1v) is 11.2. The van der Waals surface area contributed by atoms with Crippen molar-refractivity contribution in [1.29, 1.82) is 0 Å². The van der Waals surface area contributed by atoms with Gasteiger partial charge in [0, 0.05) is 25.7 Å². The number of hydrogen-bond donors (Lipinski definition) is 1. The highest BCUT2D eigenvalue weighted by Crippen LogP contribution is 2.28. The molecule has 164 valence electrons. The Morgan fingerprint density at radius 2 is 2.03 bits per heavy atom. The molecule has 0 saturated carbocycles. The number of amides is 2. The topological polar surface area (TPSA) is 85.7 Å².